The molecule has 2 heterocycles. The van der Waals surface area contributed by atoms with Crippen molar-refractivity contribution in [2.45, 2.75) is 6.54 Å². The quantitative estimate of drug-likeness (QED) is 0.509. The minimum Gasteiger partial charge on any atom is -0.495 e. The first-order chi connectivity index (χ1) is 13.7. The third-order valence-electron chi connectivity index (χ3n) is 4.28. The maximum Gasteiger partial charge on any atom is 0.244 e. The van der Waals surface area contributed by atoms with E-state index >= 15 is 0 Å². The number of nitrogens with zero attached hydrogens (tertiary/aromatic N) is 3. The van der Waals surface area contributed by atoms with E-state index in [4.69, 9.17) is 4.74 Å². The van der Waals surface area contributed by atoms with Gasteiger partial charge in [0.1, 0.15) is 11.6 Å². The summed E-state index contributed by atoms with van der Waals surface area (Å²) in [5, 5.41) is 2.83. The van der Waals surface area contributed by atoms with Crippen LogP contribution in [0.1, 0.15) is 11.4 Å². The van der Waals surface area contributed by atoms with E-state index in [-0.39, 0.29) is 5.91 Å². The highest BCUT2D eigenvalue weighted by molar-refractivity contribution is 5.91. The average molecular weight is 373 g/mol. The average Bonchev–Trinajstić information content (AvgIpc) is 3.40. The van der Waals surface area contributed by atoms with Gasteiger partial charge < -0.3 is 19.6 Å². The molecule has 0 bridgehead atoms. The molecule has 0 unspecified atom stereocenters. The molecule has 0 aliphatic carbocycles. The zero-order valence-electron chi connectivity index (χ0n) is 15.3. The van der Waals surface area contributed by atoms with Crippen LogP contribution in [0.3, 0.4) is 0 Å². The molecule has 28 heavy (non-hydrogen) atoms. The Hall–Kier alpha value is -3.87. The Kier molecular flexibility index (Phi) is 4.88. The molecule has 2 N–H and O–H groups in total. The van der Waals surface area contributed by atoms with Gasteiger partial charge in [0.15, 0.2) is 0 Å². The van der Waals surface area contributed by atoms with Crippen LogP contribution < -0.4 is 10.1 Å². The third kappa shape index (κ3) is 3.78. The molecule has 0 aliphatic rings. The summed E-state index contributed by atoms with van der Waals surface area (Å²) in [6.45, 7) is 0.334. The molecule has 7 nitrogen and oxygen atoms in total. The molecule has 0 spiro atoms. The number of hydrogen-bond acceptors (Lipinski definition) is 4. The van der Waals surface area contributed by atoms with E-state index in [9.17, 15) is 4.79 Å². The molecule has 7 heteroatoms. The fourth-order valence-electron chi connectivity index (χ4n) is 2.90. The Morgan fingerprint density at radius 1 is 1.29 bits per heavy atom. The van der Waals surface area contributed by atoms with E-state index in [0.717, 1.165) is 22.3 Å². The monoisotopic (exact) mass is 373 g/mol. The van der Waals surface area contributed by atoms with Crippen molar-refractivity contribution in [2.24, 2.45) is 0 Å². The van der Waals surface area contributed by atoms with Gasteiger partial charge in [-0.3, -0.25) is 4.79 Å². The minimum absolute atomic E-state index is 0.196. The van der Waals surface area contributed by atoms with Crippen molar-refractivity contribution >= 4 is 23.0 Å². The van der Waals surface area contributed by atoms with Gasteiger partial charge in [-0.15, -0.1) is 0 Å². The Morgan fingerprint density at radius 3 is 2.96 bits per heavy atom. The summed E-state index contributed by atoms with van der Waals surface area (Å²) in [6, 6.07) is 13.5. The number of ether oxygens (including phenoxy) is 1. The highest BCUT2D eigenvalue weighted by atomic mass is 16.5. The number of aromatic nitrogens is 4. The second kappa shape index (κ2) is 7.79. The smallest absolute Gasteiger partial charge is 0.244 e. The second-order valence-electron chi connectivity index (χ2n) is 6.15. The summed E-state index contributed by atoms with van der Waals surface area (Å²) in [6.07, 6.45) is 8.50. The van der Waals surface area contributed by atoms with Gasteiger partial charge in [-0.2, -0.15) is 0 Å². The molecule has 0 atom stereocenters. The fraction of sp³-hybridized carbons (Fsp3) is 0.0952. The number of carbonyl (C=O) groups excluding carboxylic acids is 1. The number of fused-ring (bicyclic) bond motifs is 1. The number of para-hydroxylation sites is 2. The first-order valence-corrected chi connectivity index (χ1v) is 8.79. The summed E-state index contributed by atoms with van der Waals surface area (Å²) in [4.78, 5) is 23.8. The van der Waals surface area contributed by atoms with Crippen molar-refractivity contribution in [2.75, 3.05) is 7.11 Å². The van der Waals surface area contributed by atoms with Crippen LogP contribution in [0.25, 0.3) is 22.8 Å². The number of methoxy groups -OCH3 is 1. The highest BCUT2D eigenvalue weighted by Crippen LogP contribution is 2.24. The normalized spacial score (nSPS) is 11.2. The molecule has 4 rings (SSSR count). The van der Waals surface area contributed by atoms with E-state index in [1.165, 1.54) is 6.08 Å². The topological polar surface area (TPSA) is 84.8 Å². The van der Waals surface area contributed by atoms with E-state index in [1.807, 2.05) is 53.2 Å². The van der Waals surface area contributed by atoms with Gasteiger partial charge in [-0.25, -0.2) is 9.97 Å². The zero-order chi connectivity index (χ0) is 19.3. The van der Waals surface area contributed by atoms with Crippen molar-refractivity contribution in [3.8, 4) is 11.4 Å². The van der Waals surface area contributed by atoms with Crippen molar-refractivity contribution in [1.29, 1.82) is 0 Å². The first kappa shape index (κ1) is 17.5. The van der Waals surface area contributed by atoms with Crippen LogP contribution in [0.5, 0.6) is 5.75 Å². The molecule has 4 aromatic rings. The number of benzene rings is 2. The van der Waals surface area contributed by atoms with Gasteiger partial charge in [0.2, 0.25) is 5.91 Å². The van der Waals surface area contributed by atoms with Crippen LogP contribution in [-0.2, 0) is 11.3 Å². The molecular weight excluding hydrogens is 354 g/mol. The third-order valence-corrected chi connectivity index (χ3v) is 4.28. The summed E-state index contributed by atoms with van der Waals surface area (Å²) in [5.74, 6) is 1.22. The number of carbonyl (C=O) groups is 1. The van der Waals surface area contributed by atoms with Crippen molar-refractivity contribution < 1.29 is 9.53 Å². The predicted molar refractivity (Wildman–Crippen MR) is 107 cm³/mol. The van der Waals surface area contributed by atoms with E-state index in [1.54, 1.807) is 25.7 Å². The number of hydrogen-bond donors (Lipinski definition) is 2. The van der Waals surface area contributed by atoms with Gasteiger partial charge in [0.25, 0.3) is 0 Å². The lowest BCUT2D eigenvalue weighted by atomic mass is 10.1. The Bertz CT molecular complexity index is 1100. The lowest BCUT2D eigenvalue weighted by Crippen LogP contribution is -2.20. The molecule has 140 valence electrons. The molecule has 0 radical (unpaired) electrons. The number of amides is 1. The zero-order valence-corrected chi connectivity index (χ0v) is 15.3. The van der Waals surface area contributed by atoms with E-state index in [0.29, 0.717) is 18.1 Å². The standard InChI is InChI=1S/C21H19N5O2/c1-28-19-12-15(6-8-18(19)26-11-10-22-14-26)7-9-21(27)23-13-20-24-16-4-2-3-5-17(16)25-20/h2-12,14H,13H2,1H3,(H,23,27)(H,24,25)/b9-7+. The Morgan fingerprint density at radius 2 is 2.18 bits per heavy atom. The lowest BCUT2D eigenvalue weighted by Gasteiger charge is -2.09. The number of H-pyrrole nitrogens is 1. The number of aromatic amines is 1. The summed E-state index contributed by atoms with van der Waals surface area (Å²) < 4.78 is 7.32. The van der Waals surface area contributed by atoms with Crippen LogP contribution in [0.4, 0.5) is 0 Å². The molecule has 0 aliphatic heterocycles. The molecule has 0 fully saturated rings. The van der Waals surface area contributed by atoms with Gasteiger partial charge in [0.05, 0.1) is 36.7 Å². The number of nitrogens with one attached hydrogen (secondary N) is 2. The molecule has 2 aromatic carbocycles. The summed E-state index contributed by atoms with van der Waals surface area (Å²) >= 11 is 0. The Balaban J connectivity index is 1.41. The number of rotatable bonds is 6. The van der Waals surface area contributed by atoms with Crippen LogP contribution in [-0.4, -0.2) is 32.5 Å². The molecule has 1 amide bonds. The van der Waals surface area contributed by atoms with Crippen molar-refractivity contribution in [3.63, 3.8) is 0 Å². The van der Waals surface area contributed by atoms with Gasteiger partial charge in [-0.1, -0.05) is 18.2 Å². The maximum absolute atomic E-state index is 12.1. The van der Waals surface area contributed by atoms with Crippen LogP contribution in [0.2, 0.25) is 0 Å². The van der Waals surface area contributed by atoms with Crippen LogP contribution in [0, 0.1) is 0 Å². The first-order valence-electron chi connectivity index (χ1n) is 8.79. The van der Waals surface area contributed by atoms with Crippen LogP contribution in [0.15, 0.2) is 67.3 Å². The van der Waals surface area contributed by atoms with Gasteiger partial charge in [0, 0.05) is 18.5 Å². The largest absolute Gasteiger partial charge is 0.495 e. The summed E-state index contributed by atoms with van der Waals surface area (Å²) in [5.41, 5.74) is 3.57. The van der Waals surface area contributed by atoms with Crippen LogP contribution >= 0.6 is 0 Å². The second-order valence-corrected chi connectivity index (χ2v) is 6.15. The Labute approximate surface area is 161 Å². The fourth-order valence-corrected chi connectivity index (χ4v) is 2.90. The van der Waals surface area contributed by atoms with Gasteiger partial charge >= 0.3 is 0 Å². The summed E-state index contributed by atoms with van der Waals surface area (Å²) in [7, 11) is 1.61. The molecular formula is C21H19N5O2. The van der Waals surface area contributed by atoms with Crippen molar-refractivity contribution in [3.05, 3.63) is 78.6 Å². The minimum atomic E-state index is -0.196. The van der Waals surface area contributed by atoms with E-state index < -0.39 is 0 Å². The van der Waals surface area contributed by atoms with Crippen molar-refractivity contribution in [1.82, 2.24) is 24.8 Å². The molecule has 2 aromatic heterocycles. The molecule has 0 saturated heterocycles. The van der Waals surface area contributed by atoms with Gasteiger partial charge in [-0.05, 0) is 35.9 Å². The van der Waals surface area contributed by atoms with E-state index in [2.05, 4.69) is 20.3 Å². The number of imidazole rings is 2. The lowest BCUT2D eigenvalue weighted by molar-refractivity contribution is -0.116. The SMILES string of the molecule is COc1cc(/C=C/C(=O)NCc2nc3ccccc3[nH]2)ccc1-n1ccnc1. The molecule has 0 saturated carbocycles. The maximum atomic E-state index is 12.1. The predicted octanol–water partition coefficient (Wildman–Crippen LogP) is 3.09. The highest BCUT2D eigenvalue weighted by Gasteiger charge is 2.06.